The summed E-state index contributed by atoms with van der Waals surface area (Å²) < 4.78 is 0. The van der Waals surface area contributed by atoms with E-state index in [0.717, 1.165) is 17.7 Å². The summed E-state index contributed by atoms with van der Waals surface area (Å²) in [5.41, 5.74) is 1.02. The number of rotatable bonds is 1. The molecule has 0 bridgehead atoms. The molecule has 1 aromatic heterocycles. The Morgan fingerprint density at radius 3 is 3.33 bits per heavy atom. The predicted octanol–water partition coefficient (Wildman–Crippen LogP) is 1.09. The van der Waals surface area contributed by atoms with Crippen molar-refractivity contribution in [2.75, 3.05) is 5.32 Å². The molecule has 3 nitrogen and oxygen atoms in total. The number of carbonyl (C=O) groups is 1. The summed E-state index contributed by atoms with van der Waals surface area (Å²) >= 11 is 0. The third-order valence-electron chi connectivity index (χ3n) is 1.77. The summed E-state index contributed by atoms with van der Waals surface area (Å²) in [4.78, 5) is 14.5. The van der Waals surface area contributed by atoms with Crippen LogP contribution in [-0.2, 0) is 4.79 Å². The molecule has 0 spiro atoms. The van der Waals surface area contributed by atoms with Crippen molar-refractivity contribution in [1.82, 2.24) is 4.98 Å². The number of nitrogens with zero attached hydrogens (tertiary/aromatic N) is 1. The number of nitrogens with one attached hydrogen (secondary N) is 1. The first kappa shape index (κ1) is 7.03. The van der Waals surface area contributed by atoms with Crippen molar-refractivity contribution in [1.29, 1.82) is 0 Å². The molecular weight excluding hydrogens is 152 g/mol. The summed E-state index contributed by atoms with van der Waals surface area (Å²) in [6.07, 6.45) is 6.27. The largest absolute Gasteiger partial charge is 0.357 e. The molecular formula is C9H8N2O. The molecule has 2 heterocycles. The lowest BCUT2D eigenvalue weighted by molar-refractivity contribution is -0.107. The van der Waals surface area contributed by atoms with Crippen molar-refractivity contribution in [3.8, 4) is 0 Å². The first-order chi connectivity index (χ1) is 5.90. The van der Waals surface area contributed by atoms with Gasteiger partial charge >= 0.3 is 0 Å². The van der Waals surface area contributed by atoms with Gasteiger partial charge in [-0.3, -0.25) is 0 Å². The smallest absolute Gasteiger partial charge is 0.146 e. The minimum absolute atomic E-state index is 0.229. The van der Waals surface area contributed by atoms with Gasteiger partial charge in [0.05, 0.1) is 0 Å². The fraction of sp³-hybridized carbons (Fsp3) is 0.111. The quantitative estimate of drug-likeness (QED) is 0.625. The van der Waals surface area contributed by atoms with E-state index in [1.165, 1.54) is 0 Å². The van der Waals surface area contributed by atoms with Crippen molar-refractivity contribution in [2.45, 2.75) is 6.04 Å². The second-order valence-corrected chi connectivity index (χ2v) is 2.61. The zero-order valence-corrected chi connectivity index (χ0v) is 6.40. The molecule has 1 aromatic rings. The first-order valence-electron chi connectivity index (χ1n) is 3.75. The second-order valence-electron chi connectivity index (χ2n) is 2.61. The fourth-order valence-corrected chi connectivity index (χ4v) is 1.17. The molecule has 12 heavy (non-hydrogen) atoms. The minimum atomic E-state index is -0.229. The molecule has 0 radical (unpaired) electrons. The monoisotopic (exact) mass is 160 g/mol. The Morgan fingerprint density at radius 2 is 2.50 bits per heavy atom. The van der Waals surface area contributed by atoms with Gasteiger partial charge in [-0.15, -0.1) is 0 Å². The molecule has 0 fully saturated rings. The van der Waals surface area contributed by atoms with Crippen LogP contribution in [0.4, 0.5) is 5.82 Å². The molecule has 1 unspecified atom stereocenters. The number of anilines is 1. The zero-order chi connectivity index (χ0) is 8.39. The van der Waals surface area contributed by atoms with Crippen molar-refractivity contribution in [3.63, 3.8) is 0 Å². The van der Waals surface area contributed by atoms with Crippen LogP contribution in [0.2, 0.25) is 0 Å². The maximum Gasteiger partial charge on any atom is 0.146 e. The highest BCUT2D eigenvalue weighted by atomic mass is 16.1. The van der Waals surface area contributed by atoms with Crippen molar-refractivity contribution in [3.05, 3.63) is 30.0 Å². The number of pyridine rings is 1. The van der Waals surface area contributed by atoms with Crippen LogP contribution in [0.5, 0.6) is 0 Å². The van der Waals surface area contributed by atoms with E-state index >= 15 is 0 Å². The molecule has 3 heteroatoms. The van der Waals surface area contributed by atoms with Gasteiger partial charge in [-0.25, -0.2) is 4.98 Å². The highest BCUT2D eigenvalue weighted by Gasteiger charge is 2.10. The first-order valence-corrected chi connectivity index (χ1v) is 3.75. The Bertz CT molecular complexity index is 333. The van der Waals surface area contributed by atoms with Crippen LogP contribution in [-0.4, -0.2) is 17.3 Å². The average molecular weight is 160 g/mol. The van der Waals surface area contributed by atoms with Crippen LogP contribution in [0, 0.1) is 0 Å². The van der Waals surface area contributed by atoms with Crippen molar-refractivity contribution < 1.29 is 4.79 Å². The molecule has 60 valence electrons. The predicted molar refractivity (Wildman–Crippen MR) is 46.7 cm³/mol. The Balaban J connectivity index is 2.39. The van der Waals surface area contributed by atoms with Gasteiger partial charge in [0.25, 0.3) is 0 Å². The molecule has 1 atom stereocenters. The molecule has 1 aliphatic heterocycles. The van der Waals surface area contributed by atoms with E-state index in [2.05, 4.69) is 10.3 Å². The lowest BCUT2D eigenvalue weighted by atomic mass is 10.1. The number of fused-ring (bicyclic) bond motifs is 1. The summed E-state index contributed by atoms with van der Waals surface area (Å²) in [5.74, 6) is 0.775. The SMILES string of the molecule is O=CC1C=Cc2cccnc2N1. The Labute approximate surface area is 70.1 Å². The Hall–Kier alpha value is -1.64. The van der Waals surface area contributed by atoms with E-state index in [1.807, 2.05) is 24.3 Å². The minimum Gasteiger partial charge on any atom is -0.357 e. The molecule has 0 aromatic carbocycles. The molecule has 0 aliphatic carbocycles. The molecule has 1 N–H and O–H groups in total. The van der Waals surface area contributed by atoms with Crippen LogP contribution >= 0.6 is 0 Å². The van der Waals surface area contributed by atoms with Crippen LogP contribution in [0.1, 0.15) is 5.56 Å². The van der Waals surface area contributed by atoms with Gasteiger partial charge < -0.3 is 10.1 Å². The van der Waals surface area contributed by atoms with E-state index < -0.39 is 0 Å². The molecule has 0 saturated heterocycles. The van der Waals surface area contributed by atoms with Gasteiger partial charge in [-0.2, -0.15) is 0 Å². The van der Waals surface area contributed by atoms with Crippen molar-refractivity contribution in [2.24, 2.45) is 0 Å². The van der Waals surface area contributed by atoms with E-state index in [1.54, 1.807) is 6.20 Å². The fourth-order valence-electron chi connectivity index (χ4n) is 1.17. The molecule has 0 amide bonds. The van der Waals surface area contributed by atoms with Gasteiger partial charge in [-0.05, 0) is 12.1 Å². The maximum atomic E-state index is 10.4. The van der Waals surface area contributed by atoms with Gasteiger partial charge in [-0.1, -0.05) is 12.2 Å². The number of hydrogen-bond donors (Lipinski definition) is 1. The number of aromatic nitrogens is 1. The van der Waals surface area contributed by atoms with Gasteiger partial charge in [0.2, 0.25) is 0 Å². The third-order valence-corrected chi connectivity index (χ3v) is 1.77. The summed E-state index contributed by atoms with van der Waals surface area (Å²) in [6.45, 7) is 0. The number of aldehydes is 1. The highest BCUT2D eigenvalue weighted by molar-refractivity contribution is 5.77. The maximum absolute atomic E-state index is 10.4. The van der Waals surface area contributed by atoms with Gasteiger partial charge in [0.1, 0.15) is 18.1 Å². The second kappa shape index (κ2) is 2.77. The summed E-state index contributed by atoms with van der Waals surface area (Å²) in [6, 6.07) is 3.59. The van der Waals surface area contributed by atoms with E-state index in [0.29, 0.717) is 0 Å². The number of carbonyl (C=O) groups excluding carboxylic acids is 1. The lowest BCUT2D eigenvalue weighted by Crippen LogP contribution is -2.21. The van der Waals surface area contributed by atoms with E-state index in [4.69, 9.17) is 0 Å². The van der Waals surface area contributed by atoms with Crippen LogP contribution < -0.4 is 5.32 Å². The average Bonchev–Trinajstić information content (AvgIpc) is 2.17. The lowest BCUT2D eigenvalue weighted by Gasteiger charge is -2.15. The van der Waals surface area contributed by atoms with Crippen LogP contribution in [0.15, 0.2) is 24.4 Å². The van der Waals surface area contributed by atoms with E-state index in [-0.39, 0.29) is 6.04 Å². The normalized spacial score (nSPS) is 19.5. The topological polar surface area (TPSA) is 42.0 Å². The Morgan fingerprint density at radius 1 is 1.58 bits per heavy atom. The highest BCUT2D eigenvalue weighted by Crippen LogP contribution is 2.18. The molecule has 1 aliphatic rings. The van der Waals surface area contributed by atoms with Crippen molar-refractivity contribution >= 4 is 18.2 Å². The standard InChI is InChI=1S/C9H8N2O/c12-6-8-4-3-7-2-1-5-10-9(7)11-8/h1-6,8H,(H,10,11). The van der Waals surface area contributed by atoms with Gasteiger partial charge in [0.15, 0.2) is 0 Å². The Kier molecular flexibility index (Phi) is 1.63. The number of hydrogen-bond acceptors (Lipinski definition) is 3. The van der Waals surface area contributed by atoms with Crippen LogP contribution in [0.3, 0.4) is 0 Å². The molecule has 2 rings (SSSR count). The third kappa shape index (κ3) is 1.09. The zero-order valence-electron chi connectivity index (χ0n) is 6.40. The summed E-state index contributed by atoms with van der Waals surface area (Å²) in [5, 5.41) is 2.98. The van der Waals surface area contributed by atoms with Crippen LogP contribution in [0.25, 0.3) is 6.08 Å². The van der Waals surface area contributed by atoms with Gasteiger partial charge in [0, 0.05) is 11.8 Å². The van der Waals surface area contributed by atoms with E-state index in [9.17, 15) is 4.79 Å². The molecule has 0 saturated carbocycles. The summed E-state index contributed by atoms with van der Waals surface area (Å²) in [7, 11) is 0.